The van der Waals surface area contributed by atoms with Gasteiger partial charge in [0.15, 0.2) is 5.43 Å². The fourth-order valence-corrected chi connectivity index (χ4v) is 2.26. The van der Waals surface area contributed by atoms with Crippen molar-refractivity contribution in [3.8, 4) is 0 Å². The van der Waals surface area contributed by atoms with Crippen LogP contribution < -0.4 is 5.43 Å². The van der Waals surface area contributed by atoms with Gasteiger partial charge in [0.05, 0.1) is 15.6 Å². The number of hydrogen-bond donors (Lipinski definition) is 1. The third-order valence-corrected chi connectivity index (χ3v) is 3.74. The molecule has 0 saturated heterocycles. The molecule has 1 heterocycles. The normalized spacial score (nSPS) is 15.6. The fourth-order valence-electron chi connectivity index (χ4n) is 1.89. The van der Waals surface area contributed by atoms with E-state index in [0.29, 0.717) is 26.9 Å². The molecule has 1 aromatic heterocycles. The Bertz CT molecular complexity index is 629. The first-order valence-electron chi connectivity index (χ1n) is 5.18. The van der Waals surface area contributed by atoms with Crippen molar-refractivity contribution in [2.24, 2.45) is 0 Å². The zero-order chi connectivity index (χ0) is 11.3. The summed E-state index contributed by atoms with van der Waals surface area (Å²) in [5.41, 5.74) is 1.64. The van der Waals surface area contributed by atoms with Crippen molar-refractivity contribution in [2.75, 3.05) is 0 Å². The van der Waals surface area contributed by atoms with Crippen LogP contribution >= 0.6 is 23.2 Å². The Morgan fingerprint density at radius 3 is 2.69 bits per heavy atom. The van der Waals surface area contributed by atoms with Crippen LogP contribution in [0.1, 0.15) is 24.5 Å². The lowest BCUT2D eigenvalue weighted by molar-refractivity contribution is 1.04. The number of H-pyrrole nitrogens is 1. The Morgan fingerprint density at radius 2 is 2.00 bits per heavy atom. The lowest BCUT2D eigenvalue weighted by Crippen LogP contribution is -2.04. The van der Waals surface area contributed by atoms with Crippen molar-refractivity contribution in [3.05, 3.63) is 44.2 Å². The van der Waals surface area contributed by atoms with Crippen molar-refractivity contribution in [2.45, 2.75) is 18.8 Å². The first-order valence-corrected chi connectivity index (χ1v) is 5.93. The summed E-state index contributed by atoms with van der Waals surface area (Å²) in [4.78, 5) is 15.1. The number of halogens is 2. The van der Waals surface area contributed by atoms with Crippen LogP contribution in [-0.4, -0.2) is 4.98 Å². The summed E-state index contributed by atoms with van der Waals surface area (Å²) in [5.74, 6) is 0.493. The molecule has 2 nitrogen and oxygen atoms in total. The quantitative estimate of drug-likeness (QED) is 0.826. The molecule has 0 atom stereocenters. The van der Waals surface area contributed by atoms with Gasteiger partial charge in [0.1, 0.15) is 0 Å². The lowest BCUT2D eigenvalue weighted by atomic mass is 10.1. The Kier molecular flexibility index (Phi) is 2.23. The maximum Gasteiger partial charge on any atom is 0.189 e. The molecule has 0 amide bonds. The van der Waals surface area contributed by atoms with E-state index in [-0.39, 0.29) is 5.43 Å². The van der Waals surface area contributed by atoms with Gasteiger partial charge in [-0.25, -0.2) is 0 Å². The molecule has 0 spiro atoms. The lowest BCUT2D eigenvalue weighted by Gasteiger charge is -2.05. The number of aromatic amines is 1. The second-order valence-electron chi connectivity index (χ2n) is 4.15. The first kappa shape index (κ1) is 10.2. The molecule has 82 valence electrons. The van der Waals surface area contributed by atoms with Gasteiger partial charge in [0.25, 0.3) is 0 Å². The van der Waals surface area contributed by atoms with E-state index in [1.54, 1.807) is 18.2 Å². The molecule has 0 aliphatic heterocycles. The molecule has 1 aliphatic rings. The Morgan fingerprint density at radius 1 is 1.25 bits per heavy atom. The molecule has 16 heavy (non-hydrogen) atoms. The van der Waals surface area contributed by atoms with Crippen LogP contribution in [-0.2, 0) is 0 Å². The van der Waals surface area contributed by atoms with Gasteiger partial charge in [-0.2, -0.15) is 0 Å². The number of fused-ring (bicyclic) bond motifs is 1. The van der Waals surface area contributed by atoms with Crippen LogP contribution in [0.4, 0.5) is 0 Å². The van der Waals surface area contributed by atoms with E-state index in [0.717, 1.165) is 18.5 Å². The van der Waals surface area contributed by atoms with Crippen LogP contribution in [0.5, 0.6) is 0 Å². The molecule has 0 unspecified atom stereocenters. The van der Waals surface area contributed by atoms with E-state index < -0.39 is 0 Å². The van der Waals surface area contributed by atoms with Crippen molar-refractivity contribution in [3.63, 3.8) is 0 Å². The maximum atomic E-state index is 11.9. The molecule has 1 fully saturated rings. The van der Waals surface area contributed by atoms with E-state index in [1.165, 1.54) is 0 Å². The molecule has 4 heteroatoms. The summed E-state index contributed by atoms with van der Waals surface area (Å²) in [5, 5.41) is 1.50. The molecular formula is C12H9Cl2NO. The summed E-state index contributed by atoms with van der Waals surface area (Å²) in [6.07, 6.45) is 2.28. The van der Waals surface area contributed by atoms with Crippen molar-refractivity contribution >= 4 is 34.1 Å². The fraction of sp³-hybridized carbons (Fsp3) is 0.250. The van der Waals surface area contributed by atoms with E-state index in [2.05, 4.69) is 4.98 Å². The van der Waals surface area contributed by atoms with Crippen LogP contribution in [0, 0.1) is 0 Å². The van der Waals surface area contributed by atoms with Gasteiger partial charge in [-0.1, -0.05) is 23.2 Å². The van der Waals surface area contributed by atoms with Gasteiger partial charge in [-0.15, -0.1) is 0 Å². The number of benzene rings is 1. The van der Waals surface area contributed by atoms with Gasteiger partial charge < -0.3 is 4.98 Å². The maximum absolute atomic E-state index is 11.9. The molecule has 3 rings (SSSR count). The van der Waals surface area contributed by atoms with Crippen LogP contribution in [0.15, 0.2) is 23.0 Å². The summed E-state index contributed by atoms with van der Waals surface area (Å²) in [6.45, 7) is 0. The minimum atomic E-state index is 0.00853. The van der Waals surface area contributed by atoms with Crippen molar-refractivity contribution < 1.29 is 0 Å². The zero-order valence-electron chi connectivity index (χ0n) is 8.39. The van der Waals surface area contributed by atoms with Gasteiger partial charge >= 0.3 is 0 Å². The molecule has 1 aliphatic carbocycles. The molecule has 2 aromatic rings. The predicted molar refractivity (Wildman–Crippen MR) is 66.6 cm³/mol. The van der Waals surface area contributed by atoms with Crippen molar-refractivity contribution in [1.82, 2.24) is 4.98 Å². The highest BCUT2D eigenvalue weighted by Crippen LogP contribution is 2.39. The Hall–Kier alpha value is -0.990. The average Bonchev–Trinajstić information content (AvgIpc) is 3.07. The van der Waals surface area contributed by atoms with E-state index >= 15 is 0 Å². The second kappa shape index (κ2) is 3.51. The van der Waals surface area contributed by atoms with E-state index in [1.807, 2.05) is 0 Å². The number of rotatable bonds is 1. The minimum absolute atomic E-state index is 0.00853. The highest BCUT2D eigenvalue weighted by atomic mass is 35.5. The van der Waals surface area contributed by atoms with Crippen LogP contribution in [0.2, 0.25) is 10.0 Å². The average molecular weight is 254 g/mol. The number of pyridine rings is 1. The van der Waals surface area contributed by atoms with E-state index in [4.69, 9.17) is 23.2 Å². The smallest absolute Gasteiger partial charge is 0.189 e. The monoisotopic (exact) mass is 253 g/mol. The molecular weight excluding hydrogens is 245 g/mol. The second-order valence-corrected chi connectivity index (χ2v) is 4.93. The number of nitrogens with one attached hydrogen (secondary N) is 1. The predicted octanol–water partition coefficient (Wildman–Crippen LogP) is 3.71. The molecule has 0 bridgehead atoms. The van der Waals surface area contributed by atoms with Crippen LogP contribution in [0.25, 0.3) is 10.9 Å². The Balaban J connectivity index is 2.38. The number of aromatic nitrogens is 1. The third kappa shape index (κ3) is 1.53. The minimum Gasteiger partial charge on any atom is -0.357 e. The van der Waals surface area contributed by atoms with Gasteiger partial charge in [0.2, 0.25) is 0 Å². The van der Waals surface area contributed by atoms with Crippen molar-refractivity contribution in [1.29, 1.82) is 0 Å². The highest BCUT2D eigenvalue weighted by Gasteiger charge is 2.25. The van der Waals surface area contributed by atoms with Gasteiger partial charge in [0, 0.05) is 17.1 Å². The summed E-state index contributed by atoms with van der Waals surface area (Å²) in [6, 6.07) is 5.03. The first-order chi connectivity index (χ1) is 7.66. The van der Waals surface area contributed by atoms with E-state index in [9.17, 15) is 4.79 Å². The van der Waals surface area contributed by atoms with Gasteiger partial charge in [-0.05, 0) is 30.9 Å². The largest absolute Gasteiger partial charge is 0.357 e. The molecule has 1 saturated carbocycles. The summed E-state index contributed by atoms with van der Waals surface area (Å²) >= 11 is 12.0. The van der Waals surface area contributed by atoms with Gasteiger partial charge in [-0.3, -0.25) is 4.79 Å². The standard InChI is InChI=1S/C12H9Cl2NO/c13-8-4-3-7-10(16)5-9(6-1-2-6)15-12(7)11(8)14/h3-6H,1-2H2,(H,15,16). The van der Waals surface area contributed by atoms with Crippen LogP contribution in [0.3, 0.4) is 0 Å². The highest BCUT2D eigenvalue weighted by molar-refractivity contribution is 6.44. The Labute approximate surface area is 102 Å². The molecule has 0 radical (unpaired) electrons. The molecule has 1 aromatic carbocycles. The molecule has 1 N–H and O–H groups in total. The topological polar surface area (TPSA) is 32.9 Å². The number of hydrogen-bond acceptors (Lipinski definition) is 1. The summed E-state index contributed by atoms with van der Waals surface area (Å²) < 4.78 is 0. The SMILES string of the molecule is O=c1cc(C2CC2)[nH]c2c(Cl)c(Cl)ccc12. The zero-order valence-corrected chi connectivity index (χ0v) is 9.90. The summed E-state index contributed by atoms with van der Waals surface area (Å²) in [7, 11) is 0. The third-order valence-electron chi connectivity index (χ3n) is 2.93.